The van der Waals surface area contributed by atoms with Crippen molar-refractivity contribution in [3.8, 4) is 16.5 Å². The zero-order valence-electron chi connectivity index (χ0n) is 34.7. The van der Waals surface area contributed by atoms with Gasteiger partial charge < -0.3 is 10.0 Å². The van der Waals surface area contributed by atoms with Crippen molar-refractivity contribution in [1.29, 1.82) is 5.26 Å². The molecule has 0 saturated heterocycles. The van der Waals surface area contributed by atoms with Gasteiger partial charge in [0.25, 0.3) is 0 Å². The number of hydrogen-bond donors (Lipinski definition) is 1. The largest absolute Gasteiger partial charge is 0.477 e. The number of rotatable bonds is 21. The number of aliphatic carboxylic acids is 1. The lowest BCUT2D eigenvalue weighted by atomic mass is 9.94. The van der Waals surface area contributed by atoms with Gasteiger partial charge in [0, 0.05) is 42.3 Å². The van der Waals surface area contributed by atoms with E-state index in [0.717, 1.165) is 56.4 Å². The molecule has 2 aromatic heterocycles. The van der Waals surface area contributed by atoms with Crippen molar-refractivity contribution in [3.05, 3.63) is 103 Å². The Balaban J connectivity index is 1.35. The Kier molecular flexibility index (Phi) is 16.2. The first-order valence-electron chi connectivity index (χ1n) is 21.9. The third-order valence-electron chi connectivity index (χ3n) is 11.7. The molecule has 302 valence electrons. The van der Waals surface area contributed by atoms with Crippen LogP contribution in [0, 0.1) is 17.2 Å². The molecule has 0 radical (unpaired) electrons. The molecule has 2 unspecified atom stereocenters. The van der Waals surface area contributed by atoms with E-state index in [1.165, 1.54) is 123 Å². The molecule has 0 fully saturated rings. The molecular formula is C50H62N2O2S3. The van der Waals surface area contributed by atoms with Crippen LogP contribution in [-0.4, -0.2) is 17.6 Å². The lowest BCUT2D eigenvalue weighted by Crippen LogP contribution is -2.17. The number of unbranched alkanes of at least 4 members (excludes halogenated alkanes) is 9. The number of thiophene rings is 2. The molecule has 0 bridgehead atoms. The van der Waals surface area contributed by atoms with Gasteiger partial charge in [0.05, 0.1) is 5.25 Å². The summed E-state index contributed by atoms with van der Waals surface area (Å²) in [6, 6.07) is 22.9. The summed E-state index contributed by atoms with van der Waals surface area (Å²) < 4.78 is 0. The molecule has 4 aromatic rings. The molecular weight excluding hydrogens is 757 g/mol. The second-order valence-corrected chi connectivity index (χ2v) is 19.2. The maximum atomic E-state index is 11.9. The quantitative estimate of drug-likeness (QED) is 0.0515. The summed E-state index contributed by atoms with van der Waals surface area (Å²) in [6.45, 7) is 10.0. The summed E-state index contributed by atoms with van der Waals surface area (Å²) in [7, 11) is 0. The van der Waals surface area contributed by atoms with E-state index in [1.54, 1.807) is 17.4 Å². The van der Waals surface area contributed by atoms with Gasteiger partial charge in [-0.05, 0) is 122 Å². The Morgan fingerprint density at radius 1 is 0.807 bits per heavy atom. The zero-order chi connectivity index (χ0) is 40.1. The number of anilines is 2. The number of hydrogen-bond acceptors (Lipinski definition) is 6. The molecule has 0 spiro atoms. The fraction of sp³-hybridized carbons (Fsp3) is 0.480. The minimum absolute atomic E-state index is 0.184. The second-order valence-electron chi connectivity index (χ2n) is 15.9. The van der Waals surface area contributed by atoms with E-state index >= 15 is 0 Å². The Morgan fingerprint density at radius 3 is 2.19 bits per heavy atom. The zero-order valence-corrected chi connectivity index (χ0v) is 37.2. The van der Waals surface area contributed by atoms with Crippen LogP contribution >= 0.6 is 34.4 Å². The number of carbonyl (C=O) groups is 1. The molecule has 1 N–H and O–H groups in total. The number of benzene rings is 2. The number of nitriles is 1. The van der Waals surface area contributed by atoms with Crippen molar-refractivity contribution >= 4 is 62.8 Å². The monoisotopic (exact) mass is 818 g/mol. The average molecular weight is 819 g/mol. The van der Waals surface area contributed by atoms with Crippen LogP contribution in [0.2, 0.25) is 0 Å². The number of carboxylic acid groups (broad SMARTS) is 1. The van der Waals surface area contributed by atoms with Crippen LogP contribution < -0.4 is 4.90 Å². The number of para-hydroxylation sites is 1. The van der Waals surface area contributed by atoms with E-state index in [0.29, 0.717) is 5.92 Å². The predicted molar refractivity (Wildman–Crippen MR) is 248 cm³/mol. The number of fused-ring (bicyclic) bond motifs is 2. The van der Waals surface area contributed by atoms with Crippen LogP contribution in [0.5, 0.6) is 0 Å². The molecule has 2 atom stereocenters. The van der Waals surface area contributed by atoms with Gasteiger partial charge in [-0.2, -0.15) is 5.26 Å². The average Bonchev–Trinajstić information content (AvgIpc) is 3.93. The standard InChI is InChI=1S/C50H62N2O2S3/c1-5-9-12-15-21-37-30-46(55-44(37)33-41(34-51)50(53)54)48-40(23-17-14-11-7-3)32-47(57-48)49-39(22-16-13-10-6-2)31-45(56-49)38-27-28-43-36(29-38)26-25-35-20-18-19-24-42(35)52(43)8-4/h18-20,24,27-33,40,48H,5-17,21-23,25-26H2,1-4H3,(H,53,54)/b41-33+. The predicted octanol–water partition coefficient (Wildman–Crippen LogP) is 15.4. The van der Waals surface area contributed by atoms with Crippen LogP contribution in [0.25, 0.3) is 21.4 Å². The van der Waals surface area contributed by atoms with Crippen molar-refractivity contribution < 1.29 is 9.90 Å². The third kappa shape index (κ3) is 10.7. The van der Waals surface area contributed by atoms with Gasteiger partial charge in [0.15, 0.2) is 0 Å². The van der Waals surface area contributed by atoms with E-state index in [1.807, 2.05) is 29.2 Å². The fourth-order valence-electron chi connectivity index (χ4n) is 8.56. The lowest BCUT2D eigenvalue weighted by molar-refractivity contribution is -0.132. The summed E-state index contributed by atoms with van der Waals surface area (Å²) in [6.07, 6.45) is 24.1. The van der Waals surface area contributed by atoms with Gasteiger partial charge in [0.2, 0.25) is 0 Å². The second kappa shape index (κ2) is 21.4. The highest BCUT2D eigenvalue weighted by molar-refractivity contribution is 8.09. The first kappa shape index (κ1) is 43.0. The summed E-state index contributed by atoms with van der Waals surface area (Å²) in [5.74, 6) is -0.743. The van der Waals surface area contributed by atoms with E-state index in [-0.39, 0.29) is 10.8 Å². The SMILES string of the molecule is CCCCCCc1cc(C2SC(c3sc(-c4ccc5c(c4)CCc4ccccc4N5CC)cc3CCCCCC)=CC2CCCCCC)sc1/C=C(\C#N)C(=O)O. The molecule has 4 heterocycles. The molecule has 4 nitrogen and oxygen atoms in total. The molecule has 2 aromatic carbocycles. The number of nitrogens with zero attached hydrogens (tertiary/aromatic N) is 2. The fourth-order valence-corrected chi connectivity index (χ4v) is 12.8. The van der Waals surface area contributed by atoms with E-state index in [9.17, 15) is 15.2 Å². The van der Waals surface area contributed by atoms with Crippen molar-refractivity contribution in [2.24, 2.45) is 5.92 Å². The minimum Gasteiger partial charge on any atom is -0.477 e. The van der Waals surface area contributed by atoms with Crippen LogP contribution in [0.15, 0.2) is 66.2 Å². The molecule has 0 amide bonds. The van der Waals surface area contributed by atoms with Gasteiger partial charge in [-0.1, -0.05) is 115 Å². The van der Waals surface area contributed by atoms with Gasteiger partial charge in [0.1, 0.15) is 11.6 Å². The highest BCUT2D eigenvalue weighted by Gasteiger charge is 2.34. The number of carboxylic acids is 1. The number of aryl methyl sites for hydroxylation is 4. The molecule has 0 aliphatic carbocycles. The normalized spacial score (nSPS) is 16.6. The molecule has 0 saturated carbocycles. The topological polar surface area (TPSA) is 64.3 Å². The van der Waals surface area contributed by atoms with Crippen LogP contribution in [0.1, 0.15) is 153 Å². The van der Waals surface area contributed by atoms with Crippen molar-refractivity contribution in [2.75, 3.05) is 11.4 Å². The third-order valence-corrected chi connectivity index (χ3v) is 15.9. The highest BCUT2D eigenvalue weighted by atomic mass is 32.2. The smallest absolute Gasteiger partial charge is 0.346 e. The molecule has 6 rings (SSSR count). The van der Waals surface area contributed by atoms with Crippen molar-refractivity contribution in [3.63, 3.8) is 0 Å². The molecule has 7 heteroatoms. The van der Waals surface area contributed by atoms with Crippen LogP contribution in [0.4, 0.5) is 11.4 Å². The summed E-state index contributed by atoms with van der Waals surface area (Å²) in [4.78, 5) is 20.9. The van der Waals surface area contributed by atoms with Gasteiger partial charge in [-0.15, -0.1) is 34.4 Å². The minimum atomic E-state index is -1.15. The van der Waals surface area contributed by atoms with Crippen molar-refractivity contribution in [1.82, 2.24) is 0 Å². The maximum absolute atomic E-state index is 11.9. The van der Waals surface area contributed by atoms with E-state index < -0.39 is 5.97 Å². The molecule has 57 heavy (non-hydrogen) atoms. The molecule has 2 aliphatic rings. The Hall–Kier alpha value is -3.57. The van der Waals surface area contributed by atoms with Crippen molar-refractivity contribution in [2.45, 2.75) is 142 Å². The summed E-state index contributed by atoms with van der Waals surface area (Å²) >= 11 is 5.74. The number of allylic oxidation sites excluding steroid dienone is 1. The first-order chi connectivity index (χ1) is 27.9. The Morgan fingerprint density at radius 2 is 1.49 bits per heavy atom. The highest BCUT2D eigenvalue weighted by Crippen LogP contribution is 2.57. The van der Waals surface area contributed by atoms with E-state index in [4.69, 9.17) is 0 Å². The summed E-state index contributed by atoms with van der Waals surface area (Å²) in [5, 5.41) is 19.7. The summed E-state index contributed by atoms with van der Waals surface area (Å²) in [5.41, 5.74) is 9.36. The first-order valence-corrected chi connectivity index (χ1v) is 24.4. The number of thioether (sulfide) groups is 1. The van der Waals surface area contributed by atoms with Crippen LogP contribution in [-0.2, 0) is 30.5 Å². The molecule has 2 aliphatic heterocycles. The van der Waals surface area contributed by atoms with Crippen LogP contribution in [0.3, 0.4) is 0 Å². The Bertz CT molecular complexity index is 2060. The van der Waals surface area contributed by atoms with Gasteiger partial charge >= 0.3 is 5.97 Å². The maximum Gasteiger partial charge on any atom is 0.346 e. The van der Waals surface area contributed by atoms with E-state index in [2.05, 4.69) is 93.3 Å². The van der Waals surface area contributed by atoms with Gasteiger partial charge in [-0.3, -0.25) is 0 Å². The Labute approximate surface area is 355 Å². The lowest BCUT2D eigenvalue weighted by Gasteiger charge is -2.25. The van der Waals surface area contributed by atoms with Gasteiger partial charge in [-0.25, -0.2) is 4.79 Å².